The number of benzene rings is 4. The fourth-order valence-electron chi connectivity index (χ4n) is 7.27. The van der Waals surface area contributed by atoms with Gasteiger partial charge in [0.15, 0.2) is 0 Å². The molecule has 0 saturated carbocycles. The summed E-state index contributed by atoms with van der Waals surface area (Å²) >= 11 is 0. The van der Waals surface area contributed by atoms with Gasteiger partial charge in [0.1, 0.15) is 17.5 Å². The maximum absolute atomic E-state index is 9.53. The molecule has 4 aromatic carbocycles. The van der Waals surface area contributed by atoms with Crippen molar-refractivity contribution in [2.75, 3.05) is 6.61 Å². The summed E-state index contributed by atoms with van der Waals surface area (Å²) in [7, 11) is 0. The van der Waals surface area contributed by atoms with Gasteiger partial charge in [-0.2, -0.15) is 5.26 Å². The Morgan fingerprint density at radius 1 is 0.510 bits per heavy atom. The van der Waals surface area contributed by atoms with Crippen molar-refractivity contribution in [2.45, 2.75) is 141 Å². The first-order chi connectivity index (χ1) is 25.3. The molecule has 51 heavy (non-hydrogen) atoms. The Bertz CT molecular complexity index is 1380. The largest absolute Gasteiger partial charge is 0.488 e. The number of rotatable bonds is 27. The van der Waals surface area contributed by atoms with Crippen LogP contribution in [0.2, 0.25) is 0 Å². The molecular formula is C48H63NO2. The molecule has 0 aliphatic carbocycles. The summed E-state index contributed by atoms with van der Waals surface area (Å²) in [6.45, 7) is 2.70. The molecule has 0 N–H and O–H groups in total. The van der Waals surface area contributed by atoms with E-state index in [1.807, 2.05) is 24.3 Å². The van der Waals surface area contributed by atoms with Gasteiger partial charge in [0.25, 0.3) is 0 Å². The number of hydrogen-bond donors (Lipinski definition) is 0. The number of hydrogen-bond acceptors (Lipinski definition) is 3. The van der Waals surface area contributed by atoms with Crippen LogP contribution in [0, 0.1) is 11.3 Å². The predicted octanol–water partition coefficient (Wildman–Crippen LogP) is 13.7. The Hall–Kier alpha value is -3.87. The molecule has 3 heteroatoms. The number of nitrogens with zero attached hydrogens (tertiary/aromatic N) is 1. The molecule has 0 aliphatic rings. The van der Waals surface area contributed by atoms with Crippen LogP contribution in [-0.2, 0) is 10.3 Å². The molecule has 0 aliphatic heterocycles. The molecule has 272 valence electrons. The van der Waals surface area contributed by atoms with E-state index < -0.39 is 5.60 Å². The first-order valence-electron chi connectivity index (χ1n) is 20.2. The monoisotopic (exact) mass is 685 g/mol. The first-order valence-corrected chi connectivity index (χ1v) is 20.2. The molecule has 3 nitrogen and oxygen atoms in total. The van der Waals surface area contributed by atoms with Gasteiger partial charge in [-0.05, 0) is 47.7 Å². The fourth-order valence-corrected chi connectivity index (χ4v) is 7.27. The number of unbranched alkanes of at least 4 members (excludes halogenated alkanes) is 17. The fraction of sp³-hybridized carbons (Fsp3) is 0.479. The lowest BCUT2D eigenvalue weighted by molar-refractivity contribution is -0.0329. The Kier molecular flexibility index (Phi) is 19.0. The molecule has 0 saturated heterocycles. The van der Waals surface area contributed by atoms with E-state index in [-0.39, 0.29) is 6.10 Å². The van der Waals surface area contributed by atoms with Gasteiger partial charge in [0, 0.05) is 0 Å². The van der Waals surface area contributed by atoms with E-state index in [9.17, 15) is 5.26 Å². The van der Waals surface area contributed by atoms with Crippen molar-refractivity contribution in [3.05, 3.63) is 138 Å². The number of ether oxygens (including phenoxy) is 2. The summed E-state index contributed by atoms with van der Waals surface area (Å²) in [5, 5.41) is 9.53. The lowest BCUT2D eigenvalue weighted by Gasteiger charge is -2.37. The first kappa shape index (κ1) is 39.9. The zero-order valence-corrected chi connectivity index (χ0v) is 31.5. The second-order valence-corrected chi connectivity index (χ2v) is 14.3. The highest BCUT2D eigenvalue weighted by molar-refractivity contribution is 5.47. The van der Waals surface area contributed by atoms with Crippen molar-refractivity contribution in [3.8, 4) is 11.8 Å². The highest BCUT2D eigenvalue weighted by Gasteiger charge is 2.38. The van der Waals surface area contributed by atoms with E-state index in [0.717, 1.165) is 35.3 Å². The van der Waals surface area contributed by atoms with Gasteiger partial charge in [0.05, 0.1) is 18.2 Å². The van der Waals surface area contributed by atoms with E-state index >= 15 is 0 Å². The van der Waals surface area contributed by atoms with Crippen molar-refractivity contribution in [1.29, 1.82) is 5.26 Å². The normalized spacial score (nSPS) is 12.0. The van der Waals surface area contributed by atoms with Crippen molar-refractivity contribution < 1.29 is 9.47 Å². The lowest BCUT2D eigenvalue weighted by atomic mass is 9.80. The maximum atomic E-state index is 9.53. The molecule has 4 aromatic rings. The second-order valence-electron chi connectivity index (χ2n) is 14.3. The third-order valence-corrected chi connectivity index (χ3v) is 10.2. The van der Waals surface area contributed by atoms with E-state index in [4.69, 9.17) is 9.47 Å². The van der Waals surface area contributed by atoms with Gasteiger partial charge < -0.3 is 9.47 Å². The summed E-state index contributed by atoms with van der Waals surface area (Å²) in [5.74, 6) is 0.717. The minimum absolute atomic E-state index is 0.157. The summed E-state index contributed by atoms with van der Waals surface area (Å²) in [6.07, 6.45) is 25.3. The van der Waals surface area contributed by atoms with Crippen LogP contribution in [0.1, 0.15) is 151 Å². The zero-order valence-electron chi connectivity index (χ0n) is 31.5. The van der Waals surface area contributed by atoms with Crippen LogP contribution in [0.5, 0.6) is 5.75 Å². The molecule has 0 unspecified atom stereocenters. The van der Waals surface area contributed by atoms with E-state index in [2.05, 4.69) is 104 Å². The van der Waals surface area contributed by atoms with Crippen LogP contribution in [0.4, 0.5) is 0 Å². The Morgan fingerprint density at radius 3 is 1.33 bits per heavy atom. The Balaban J connectivity index is 1.28. The summed E-state index contributed by atoms with van der Waals surface area (Å²) in [6, 6.07) is 41.3. The molecule has 0 amide bonds. The van der Waals surface area contributed by atoms with Gasteiger partial charge in [-0.25, -0.2) is 0 Å². The molecule has 0 heterocycles. The van der Waals surface area contributed by atoms with E-state index in [1.165, 1.54) is 109 Å². The Labute approximate surface area is 310 Å². The van der Waals surface area contributed by atoms with E-state index in [0.29, 0.717) is 12.2 Å². The summed E-state index contributed by atoms with van der Waals surface area (Å²) < 4.78 is 13.8. The molecule has 4 rings (SSSR count). The summed E-state index contributed by atoms with van der Waals surface area (Å²) in [4.78, 5) is 0. The van der Waals surface area contributed by atoms with Crippen molar-refractivity contribution in [2.24, 2.45) is 0 Å². The predicted molar refractivity (Wildman–Crippen MR) is 214 cm³/mol. The third-order valence-electron chi connectivity index (χ3n) is 10.2. The van der Waals surface area contributed by atoms with Gasteiger partial charge in [-0.3, -0.25) is 0 Å². The second kappa shape index (κ2) is 24.3. The minimum Gasteiger partial charge on any atom is -0.488 e. The summed E-state index contributed by atoms with van der Waals surface area (Å²) in [5.41, 5.74) is 3.06. The third kappa shape index (κ3) is 14.0. The molecule has 0 radical (unpaired) electrons. The standard InChI is InChI=1S/C48H63NO2/c1-2-3-4-5-6-7-8-9-10-11-12-13-14-15-16-17-18-28-37-47(51-46-38-29-30-42(39-46)40-49)41-50-48(43-31-22-19-23-32-43,44-33-24-20-25-34-44)45-35-26-21-27-36-45/h19-27,29-36,38-39,47H,2-18,28,37,41H2,1H3/t47-/m1/s1. The highest BCUT2D eigenvalue weighted by atomic mass is 16.5. The van der Waals surface area contributed by atoms with Crippen molar-refractivity contribution in [3.63, 3.8) is 0 Å². The van der Waals surface area contributed by atoms with Crippen LogP contribution in [0.15, 0.2) is 115 Å². The molecule has 0 aromatic heterocycles. The van der Waals surface area contributed by atoms with Crippen LogP contribution in [-0.4, -0.2) is 12.7 Å². The van der Waals surface area contributed by atoms with Crippen molar-refractivity contribution >= 4 is 0 Å². The molecular weight excluding hydrogens is 623 g/mol. The molecule has 1 atom stereocenters. The van der Waals surface area contributed by atoms with Gasteiger partial charge in [0.2, 0.25) is 0 Å². The van der Waals surface area contributed by atoms with Crippen LogP contribution < -0.4 is 4.74 Å². The number of nitriles is 1. The molecule has 0 fully saturated rings. The molecule has 0 spiro atoms. The quantitative estimate of drug-likeness (QED) is 0.0463. The maximum Gasteiger partial charge on any atom is 0.143 e. The minimum atomic E-state index is -0.798. The average Bonchev–Trinajstić information content (AvgIpc) is 3.19. The smallest absolute Gasteiger partial charge is 0.143 e. The topological polar surface area (TPSA) is 42.2 Å². The van der Waals surface area contributed by atoms with Gasteiger partial charge in [-0.15, -0.1) is 0 Å². The van der Waals surface area contributed by atoms with Crippen LogP contribution in [0.3, 0.4) is 0 Å². The zero-order chi connectivity index (χ0) is 35.7. The van der Waals surface area contributed by atoms with Gasteiger partial charge >= 0.3 is 0 Å². The highest BCUT2D eigenvalue weighted by Crippen LogP contribution is 2.41. The SMILES string of the molecule is CCCCCCCCCCCCCCCCCCCC[C@H](COC(c1ccccc1)(c1ccccc1)c1ccccc1)Oc1cccc(C#N)c1. The van der Waals surface area contributed by atoms with Crippen LogP contribution >= 0.6 is 0 Å². The van der Waals surface area contributed by atoms with Gasteiger partial charge in [-0.1, -0.05) is 213 Å². The Morgan fingerprint density at radius 2 is 0.922 bits per heavy atom. The lowest BCUT2D eigenvalue weighted by Crippen LogP contribution is -2.37. The average molecular weight is 686 g/mol. The van der Waals surface area contributed by atoms with E-state index in [1.54, 1.807) is 0 Å². The van der Waals surface area contributed by atoms with Crippen molar-refractivity contribution in [1.82, 2.24) is 0 Å². The molecule has 0 bridgehead atoms. The van der Waals surface area contributed by atoms with Crippen LogP contribution in [0.25, 0.3) is 0 Å².